The smallest absolute Gasteiger partial charge is 0.251 e. The zero-order chi connectivity index (χ0) is 19.9. The largest absolute Gasteiger partial charge is 0.496 e. The molecular weight excluding hydrogens is 350 g/mol. The number of carbonyl (C=O) groups excluding carboxylic acids is 1. The molecule has 0 saturated heterocycles. The Hall–Kier alpha value is -3.27. The molecule has 1 atom stereocenters. The number of hydrogen-bond donors (Lipinski definition) is 1. The third-order valence-corrected chi connectivity index (χ3v) is 4.61. The van der Waals surface area contributed by atoms with E-state index in [1.54, 1.807) is 19.2 Å². The normalized spacial score (nSPS) is 11.5. The Labute approximate surface area is 166 Å². The van der Waals surface area contributed by atoms with Crippen molar-refractivity contribution in [2.24, 2.45) is 0 Å². The van der Waals surface area contributed by atoms with Crippen LogP contribution in [-0.2, 0) is 6.61 Å². The molecule has 0 unspecified atom stereocenters. The van der Waals surface area contributed by atoms with Crippen LogP contribution < -0.4 is 14.8 Å². The van der Waals surface area contributed by atoms with Crippen molar-refractivity contribution >= 4 is 5.91 Å². The average Bonchev–Trinajstić information content (AvgIpc) is 2.73. The zero-order valence-corrected chi connectivity index (χ0v) is 16.4. The highest BCUT2D eigenvalue weighted by Crippen LogP contribution is 2.23. The molecule has 1 amide bonds. The van der Waals surface area contributed by atoms with E-state index < -0.39 is 0 Å². The summed E-state index contributed by atoms with van der Waals surface area (Å²) in [5.74, 6) is 1.34. The third kappa shape index (κ3) is 4.92. The van der Waals surface area contributed by atoms with Gasteiger partial charge in [0.15, 0.2) is 0 Å². The number of nitrogens with one attached hydrogen (secondary N) is 1. The molecule has 0 aromatic heterocycles. The van der Waals surface area contributed by atoms with Crippen molar-refractivity contribution in [3.05, 3.63) is 95.1 Å². The molecule has 0 heterocycles. The monoisotopic (exact) mass is 375 g/mol. The van der Waals surface area contributed by atoms with Crippen LogP contribution in [0, 0.1) is 6.92 Å². The summed E-state index contributed by atoms with van der Waals surface area (Å²) in [4.78, 5) is 12.7. The topological polar surface area (TPSA) is 47.6 Å². The Kier molecular flexibility index (Phi) is 6.33. The SMILES string of the molecule is COc1ccc(C(=O)N[C@H](C)c2ccccc2)cc1COc1ccc(C)cc1. The Balaban J connectivity index is 1.72. The van der Waals surface area contributed by atoms with Gasteiger partial charge in [0.1, 0.15) is 18.1 Å². The fraction of sp³-hybridized carbons (Fsp3) is 0.208. The molecule has 0 saturated carbocycles. The van der Waals surface area contributed by atoms with Gasteiger partial charge < -0.3 is 14.8 Å². The minimum atomic E-state index is -0.129. The van der Waals surface area contributed by atoms with Gasteiger partial charge in [0, 0.05) is 11.1 Å². The number of aryl methyl sites for hydroxylation is 1. The molecule has 0 aliphatic heterocycles. The van der Waals surface area contributed by atoms with Crippen LogP contribution in [0.2, 0.25) is 0 Å². The maximum atomic E-state index is 12.7. The first-order chi connectivity index (χ1) is 13.6. The molecule has 3 rings (SSSR count). The molecule has 0 aliphatic carbocycles. The van der Waals surface area contributed by atoms with E-state index in [4.69, 9.17) is 9.47 Å². The Morgan fingerprint density at radius 2 is 1.71 bits per heavy atom. The lowest BCUT2D eigenvalue weighted by Gasteiger charge is -2.16. The molecule has 4 nitrogen and oxygen atoms in total. The highest BCUT2D eigenvalue weighted by atomic mass is 16.5. The number of carbonyl (C=O) groups is 1. The molecule has 1 N–H and O–H groups in total. The second kappa shape index (κ2) is 9.09. The lowest BCUT2D eigenvalue weighted by molar-refractivity contribution is 0.0939. The van der Waals surface area contributed by atoms with Crippen molar-refractivity contribution in [1.29, 1.82) is 0 Å². The fourth-order valence-electron chi connectivity index (χ4n) is 2.93. The number of hydrogen-bond acceptors (Lipinski definition) is 3. The van der Waals surface area contributed by atoms with E-state index >= 15 is 0 Å². The molecule has 0 radical (unpaired) electrons. The molecule has 3 aromatic carbocycles. The summed E-state index contributed by atoms with van der Waals surface area (Å²) in [5.41, 5.74) is 3.64. The molecule has 4 heteroatoms. The lowest BCUT2D eigenvalue weighted by atomic mass is 10.1. The van der Waals surface area contributed by atoms with Gasteiger partial charge in [-0.05, 0) is 49.7 Å². The maximum Gasteiger partial charge on any atom is 0.251 e. The van der Waals surface area contributed by atoms with Crippen molar-refractivity contribution in [2.75, 3.05) is 7.11 Å². The van der Waals surface area contributed by atoms with Gasteiger partial charge in [0.25, 0.3) is 5.91 Å². The van der Waals surface area contributed by atoms with Crippen molar-refractivity contribution in [2.45, 2.75) is 26.5 Å². The number of benzene rings is 3. The fourth-order valence-corrected chi connectivity index (χ4v) is 2.93. The van der Waals surface area contributed by atoms with Gasteiger partial charge in [-0.15, -0.1) is 0 Å². The predicted octanol–water partition coefficient (Wildman–Crippen LogP) is 5.07. The molecule has 28 heavy (non-hydrogen) atoms. The van der Waals surface area contributed by atoms with Crippen LogP contribution in [-0.4, -0.2) is 13.0 Å². The number of ether oxygens (including phenoxy) is 2. The number of rotatable bonds is 7. The van der Waals surface area contributed by atoms with Gasteiger partial charge in [-0.2, -0.15) is 0 Å². The van der Waals surface area contributed by atoms with Crippen LogP contribution >= 0.6 is 0 Å². The van der Waals surface area contributed by atoms with Gasteiger partial charge >= 0.3 is 0 Å². The first-order valence-electron chi connectivity index (χ1n) is 9.29. The molecule has 0 bridgehead atoms. The van der Waals surface area contributed by atoms with Crippen LogP contribution in [0.25, 0.3) is 0 Å². The number of amides is 1. The second-order valence-electron chi connectivity index (χ2n) is 6.73. The molecule has 3 aromatic rings. The van der Waals surface area contributed by atoms with E-state index in [2.05, 4.69) is 5.32 Å². The van der Waals surface area contributed by atoms with Gasteiger partial charge in [-0.3, -0.25) is 4.79 Å². The summed E-state index contributed by atoms with van der Waals surface area (Å²) in [5, 5.41) is 3.04. The van der Waals surface area contributed by atoms with E-state index in [1.165, 1.54) is 5.56 Å². The van der Waals surface area contributed by atoms with E-state index in [0.717, 1.165) is 16.9 Å². The first-order valence-corrected chi connectivity index (χ1v) is 9.29. The van der Waals surface area contributed by atoms with Gasteiger partial charge in [-0.25, -0.2) is 0 Å². The van der Waals surface area contributed by atoms with E-state index in [9.17, 15) is 4.79 Å². The molecule has 0 spiro atoms. The lowest BCUT2D eigenvalue weighted by Crippen LogP contribution is -2.26. The predicted molar refractivity (Wildman–Crippen MR) is 111 cm³/mol. The Bertz CT molecular complexity index is 920. The standard InChI is InChI=1S/C24H25NO3/c1-17-9-12-22(13-10-17)28-16-21-15-20(11-14-23(21)27-3)24(26)25-18(2)19-7-5-4-6-8-19/h4-15,18H,16H2,1-3H3,(H,25,26)/t18-/m1/s1. The highest BCUT2D eigenvalue weighted by Gasteiger charge is 2.14. The minimum Gasteiger partial charge on any atom is -0.496 e. The van der Waals surface area contributed by atoms with Crippen LogP contribution in [0.4, 0.5) is 0 Å². The number of methoxy groups -OCH3 is 1. The van der Waals surface area contributed by atoms with Crippen LogP contribution in [0.3, 0.4) is 0 Å². The van der Waals surface area contributed by atoms with Gasteiger partial charge in [0.2, 0.25) is 0 Å². The van der Waals surface area contributed by atoms with E-state index in [-0.39, 0.29) is 11.9 Å². The summed E-state index contributed by atoms with van der Waals surface area (Å²) in [7, 11) is 1.61. The van der Waals surface area contributed by atoms with E-state index in [0.29, 0.717) is 17.9 Å². The highest BCUT2D eigenvalue weighted by molar-refractivity contribution is 5.94. The van der Waals surface area contributed by atoms with Crippen LogP contribution in [0.5, 0.6) is 11.5 Å². The third-order valence-electron chi connectivity index (χ3n) is 4.61. The average molecular weight is 375 g/mol. The molecule has 0 fully saturated rings. The molecular formula is C24H25NO3. The van der Waals surface area contributed by atoms with Crippen LogP contribution in [0.15, 0.2) is 72.8 Å². The van der Waals surface area contributed by atoms with E-state index in [1.807, 2.05) is 74.5 Å². The second-order valence-corrected chi connectivity index (χ2v) is 6.73. The summed E-state index contributed by atoms with van der Waals surface area (Å²) in [6, 6.07) is 23.1. The van der Waals surface area contributed by atoms with Crippen molar-refractivity contribution in [3.8, 4) is 11.5 Å². The minimum absolute atomic E-state index is 0.0805. The summed E-state index contributed by atoms with van der Waals surface area (Å²) >= 11 is 0. The van der Waals surface area contributed by atoms with Gasteiger partial charge in [0.05, 0.1) is 13.2 Å². The quantitative estimate of drug-likeness (QED) is 0.627. The zero-order valence-electron chi connectivity index (χ0n) is 16.4. The Morgan fingerprint density at radius 3 is 2.39 bits per heavy atom. The first kappa shape index (κ1) is 19.5. The van der Waals surface area contributed by atoms with Crippen molar-refractivity contribution in [1.82, 2.24) is 5.32 Å². The molecule has 0 aliphatic rings. The summed E-state index contributed by atoms with van der Waals surface area (Å²) in [6.45, 7) is 4.32. The van der Waals surface area contributed by atoms with Gasteiger partial charge in [-0.1, -0.05) is 48.0 Å². The van der Waals surface area contributed by atoms with Crippen molar-refractivity contribution < 1.29 is 14.3 Å². The maximum absolute atomic E-state index is 12.7. The summed E-state index contributed by atoms with van der Waals surface area (Å²) in [6.07, 6.45) is 0. The Morgan fingerprint density at radius 1 is 1.00 bits per heavy atom. The summed E-state index contributed by atoms with van der Waals surface area (Å²) < 4.78 is 11.3. The van der Waals surface area contributed by atoms with Crippen molar-refractivity contribution in [3.63, 3.8) is 0 Å². The molecule has 144 valence electrons. The van der Waals surface area contributed by atoms with Crippen LogP contribution in [0.1, 0.15) is 40.0 Å².